The number of halogens is 1. The summed E-state index contributed by atoms with van der Waals surface area (Å²) in [6.45, 7) is 2.40. The molecule has 1 unspecified atom stereocenters. The van der Waals surface area contributed by atoms with Crippen molar-refractivity contribution in [1.82, 2.24) is 14.9 Å². The van der Waals surface area contributed by atoms with E-state index in [0.29, 0.717) is 43.7 Å². The normalized spacial score (nSPS) is 20.9. The van der Waals surface area contributed by atoms with E-state index in [0.717, 1.165) is 19.3 Å². The molecule has 1 aromatic carbocycles. The van der Waals surface area contributed by atoms with Gasteiger partial charge in [-0.15, -0.1) is 0 Å². The average molecular weight is 371 g/mol. The average Bonchev–Trinajstić information content (AvgIpc) is 2.66. The second kappa shape index (κ2) is 7.60. The summed E-state index contributed by atoms with van der Waals surface area (Å²) in [5, 5.41) is 0. The van der Waals surface area contributed by atoms with E-state index in [1.165, 1.54) is 12.1 Å². The summed E-state index contributed by atoms with van der Waals surface area (Å²) in [4.78, 5) is 22.3. The van der Waals surface area contributed by atoms with Gasteiger partial charge >= 0.3 is 0 Å². The van der Waals surface area contributed by atoms with Crippen LogP contribution in [0.25, 0.3) is 0 Å². The Kier molecular flexibility index (Phi) is 5.03. The van der Waals surface area contributed by atoms with E-state index in [1.54, 1.807) is 35.6 Å². The summed E-state index contributed by atoms with van der Waals surface area (Å²) >= 11 is 0. The molecule has 1 amide bonds. The number of likely N-dealkylation sites (tertiary alicyclic amines) is 1. The molecule has 2 aliphatic heterocycles. The number of carbonyl (C=O) groups excluding carboxylic acids is 1. The topological polar surface area (TPSA) is 64.6 Å². The molecule has 0 N–H and O–H groups in total. The summed E-state index contributed by atoms with van der Waals surface area (Å²) in [6.07, 6.45) is 7.64. The SMILES string of the molecule is O=C(c1cccc(F)c1)N1CC2(CC(CCOc3cnccn3)CCO2)C1. The third-order valence-electron chi connectivity index (χ3n) is 5.23. The van der Waals surface area contributed by atoms with Crippen LogP contribution in [0.15, 0.2) is 42.9 Å². The first kappa shape index (κ1) is 17.9. The van der Waals surface area contributed by atoms with Gasteiger partial charge < -0.3 is 14.4 Å². The molecule has 1 atom stereocenters. The van der Waals surface area contributed by atoms with Crippen LogP contribution in [0.2, 0.25) is 0 Å². The number of benzene rings is 1. The van der Waals surface area contributed by atoms with E-state index in [4.69, 9.17) is 9.47 Å². The standard InChI is InChI=1S/C20H22FN3O3/c21-17-3-1-2-16(10-17)19(25)24-13-20(14-24)11-15(5-9-27-20)4-8-26-18-12-22-6-7-23-18/h1-3,6-7,10,12,15H,4-5,8-9,11,13-14H2. The Balaban J connectivity index is 1.27. The van der Waals surface area contributed by atoms with Gasteiger partial charge in [0.2, 0.25) is 5.88 Å². The first-order chi connectivity index (χ1) is 13.1. The molecule has 2 saturated heterocycles. The number of aromatic nitrogens is 2. The molecule has 0 aliphatic carbocycles. The van der Waals surface area contributed by atoms with Crippen molar-refractivity contribution in [2.45, 2.75) is 24.9 Å². The Bertz CT molecular complexity index is 796. The molecule has 4 rings (SSSR count). The third-order valence-corrected chi connectivity index (χ3v) is 5.23. The summed E-state index contributed by atoms with van der Waals surface area (Å²) in [5.41, 5.74) is 0.118. The maximum Gasteiger partial charge on any atom is 0.254 e. The molecule has 0 saturated carbocycles. The van der Waals surface area contributed by atoms with Crippen molar-refractivity contribution in [2.24, 2.45) is 5.92 Å². The molecule has 6 nitrogen and oxygen atoms in total. The van der Waals surface area contributed by atoms with Crippen LogP contribution in [0, 0.1) is 11.7 Å². The molecule has 1 aromatic heterocycles. The quantitative estimate of drug-likeness (QED) is 0.809. The zero-order chi connectivity index (χ0) is 18.7. The number of hydrogen-bond acceptors (Lipinski definition) is 5. The van der Waals surface area contributed by atoms with Crippen LogP contribution in [0.4, 0.5) is 4.39 Å². The first-order valence-corrected chi connectivity index (χ1v) is 9.21. The fourth-order valence-corrected chi connectivity index (χ4v) is 3.88. The molecule has 142 valence electrons. The zero-order valence-electron chi connectivity index (χ0n) is 15.0. The highest BCUT2D eigenvalue weighted by Gasteiger charge is 2.49. The number of carbonyl (C=O) groups is 1. The first-order valence-electron chi connectivity index (χ1n) is 9.21. The van der Waals surface area contributed by atoms with E-state index < -0.39 is 5.82 Å². The minimum absolute atomic E-state index is 0.142. The van der Waals surface area contributed by atoms with E-state index >= 15 is 0 Å². The van der Waals surface area contributed by atoms with Crippen LogP contribution in [-0.2, 0) is 4.74 Å². The molecule has 0 bridgehead atoms. The summed E-state index contributed by atoms with van der Waals surface area (Å²) in [5.74, 6) is 0.488. The minimum Gasteiger partial charge on any atom is -0.477 e. The Labute approximate surface area is 157 Å². The Hall–Kier alpha value is -2.54. The highest BCUT2D eigenvalue weighted by molar-refractivity contribution is 5.94. The van der Waals surface area contributed by atoms with E-state index in [1.807, 2.05) is 0 Å². The lowest BCUT2D eigenvalue weighted by molar-refractivity contribution is -0.166. The minimum atomic E-state index is -0.395. The summed E-state index contributed by atoms with van der Waals surface area (Å²) in [6, 6.07) is 5.82. The van der Waals surface area contributed by atoms with Crippen LogP contribution in [-0.4, -0.2) is 52.7 Å². The van der Waals surface area contributed by atoms with E-state index in [-0.39, 0.29) is 11.5 Å². The molecule has 2 aliphatic rings. The smallest absolute Gasteiger partial charge is 0.254 e. The lowest BCUT2D eigenvalue weighted by Crippen LogP contribution is -2.66. The van der Waals surface area contributed by atoms with Crippen molar-refractivity contribution < 1.29 is 18.7 Å². The van der Waals surface area contributed by atoms with Crippen molar-refractivity contribution in [3.05, 3.63) is 54.2 Å². The molecule has 1 spiro atoms. The van der Waals surface area contributed by atoms with Crippen LogP contribution in [0.3, 0.4) is 0 Å². The van der Waals surface area contributed by atoms with Gasteiger partial charge in [-0.05, 0) is 43.4 Å². The second-order valence-corrected chi connectivity index (χ2v) is 7.24. The van der Waals surface area contributed by atoms with Gasteiger partial charge in [-0.3, -0.25) is 9.78 Å². The molecular formula is C20H22FN3O3. The number of rotatable bonds is 5. The van der Waals surface area contributed by atoms with Gasteiger partial charge in [0.05, 0.1) is 25.9 Å². The van der Waals surface area contributed by atoms with Crippen LogP contribution in [0.1, 0.15) is 29.6 Å². The zero-order valence-corrected chi connectivity index (χ0v) is 15.0. The lowest BCUT2D eigenvalue weighted by atomic mass is 9.79. The number of nitrogens with zero attached hydrogens (tertiary/aromatic N) is 3. The maximum atomic E-state index is 13.3. The molecule has 3 heterocycles. The van der Waals surface area contributed by atoms with Crippen molar-refractivity contribution in [3.8, 4) is 5.88 Å². The van der Waals surface area contributed by atoms with Gasteiger partial charge in [0.1, 0.15) is 11.4 Å². The van der Waals surface area contributed by atoms with Gasteiger partial charge in [-0.2, -0.15) is 0 Å². The number of amides is 1. The van der Waals surface area contributed by atoms with Crippen LogP contribution >= 0.6 is 0 Å². The Morgan fingerprint density at radius 2 is 2.26 bits per heavy atom. The molecule has 27 heavy (non-hydrogen) atoms. The van der Waals surface area contributed by atoms with Crippen LogP contribution < -0.4 is 4.74 Å². The fraction of sp³-hybridized carbons (Fsp3) is 0.450. The number of hydrogen-bond donors (Lipinski definition) is 0. The van der Waals surface area contributed by atoms with Gasteiger partial charge in [0.15, 0.2) is 0 Å². The molecule has 0 radical (unpaired) electrons. The fourth-order valence-electron chi connectivity index (χ4n) is 3.88. The molecular weight excluding hydrogens is 349 g/mol. The van der Waals surface area contributed by atoms with Crippen molar-refractivity contribution in [1.29, 1.82) is 0 Å². The van der Waals surface area contributed by atoms with E-state index in [2.05, 4.69) is 9.97 Å². The molecule has 2 aromatic rings. The highest BCUT2D eigenvalue weighted by Crippen LogP contribution is 2.38. The molecule has 7 heteroatoms. The van der Waals surface area contributed by atoms with Crippen molar-refractivity contribution in [2.75, 3.05) is 26.3 Å². The Morgan fingerprint density at radius 3 is 3.04 bits per heavy atom. The predicted molar refractivity (Wildman–Crippen MR) is 95.9 cm³/mol. The van der Waals surface area contributed by atoms with Gasteiger partial charge in [0, 0.05) is 24.6 Å². The highest BCUT2D eigenvalue weighted by atomic mass is 19.1. The van der Waals surface area contributed by atoms with Gasteiger partial charge in [-0.1, -0.05) is 6.07 Å². The van der Waals surface area contributed by atoms with Gasteiger partial charge in [0.25, 0.3) is 5.91 Å². The van der Waals surface area contributed by atoms with Crippen molar-refractivity contribution >= 4 is 5.91 Å². The van der Waals surface area contributed by atoms with E-state index in [9.17, 15) is 9.18 Å². The van der Waals surface area contributed by atoms with Crippen LogP contribution in [0.5, 0.6) is 5.88 Å². The largest absolute Gasteiger partial charge is 0.477 e. The third kappa shape index (κ3) is 4.08. The monoisotopic (exact) mass is 371 g/mol. The lowest BCUT2D eigenvalue weighted by Gasteiger charge is -2.53. The second-order valence-electron chi connectivity index (χ2n) is 7.24. The predicted octanol–water partition coefficient (Wildman–Crippen LogP) is 2.71. The molecule has 2 fully saturated rings. The number of ether oxygens (including phenoxy) is 2. The maximum absolute atomic E-state index is 13.3. The van der Waals surface area contributed by atoms with Crippen molar-refractivity contribution in [3.63, 3.8) is 0 Å². The summed E-state index contributed by atoms with van der Waals surface area (Å²) < 4.78 is 25.0. The summed E-state index contributed by atoms with van der Waals surface area (Å²) in [7, 11) is 0. The van der Waals surface area contributed by atoms with Gasteiger partial charge in [-0.25, -0.2) is 9.37 Å². The Morgan fingerprint density at radius 1 is 1.37 bits per heavy atom.